The maximum Gasteiger partial charge on any atom is 0.267 e. The van der Waals surface area contributed by atoms with Gasteiger partial charge in [-0.1, -0.05) is 26.0 Å². The van der Waals surface area contributed by atoms with E-state index < -0.39 is 21.7 Å². The fraction of sp³-hybridized carbons (Fsp3) is 0.364. The molecule has 0 aliphatic heterocycles. The van der Waals surface area contributed by atoms with Crippen molar-refractivity contribution in [1.29, 1.82) is 0 Å². The van der Waals surface area contributed by atoms with Gasteiger partial charge in [0.1, 0.15) is 5.82 Å². The molecule has 0 unspecified atom stereocenters. The van der Waals surface area contributed by atoms with Crippen LogP contribution in [0.2, 0.25) is 0 Å². The van der Waals surface area contributed by atoms with Crippen LogP contribution in [0.25, 0.3) is 0 Å². The first-order valence-electron chi connectivity index (χ1n) is 5.03. The monoisotopic (exact) mass is 259 g/mol. The van der Waals surface area contributed by atoms with Crippen molar-refractivity contribution in [2.45, 2.75) is 19.8 Å². The second kappa shape index (κ2) is 4.83. The fourth-order valence-electron chi connectivity index (χ4n) is 1.48. The van der Waals surface area contributed by atoms with E-state index in [1.165, 1.54) is 6.07 Å². The molecule has 0 saturated heterocycles. The Kier molecular flexibility index (Phi) is 3.87. The number of sulfonamides is 1. The van der Waals surface area contributed by atoms with Crippen LogP contribution in [0.5, 0.6) is 0 Å². The lowest BCUT2D eigenvalue weighted by Crippen LogP contribution is -2.31. The minimum absolute atomic E-state index is 0.0778. The van der Waals surface area contributed by atoms with Crippen LogP contribution < -0.4 is 4.72 Å². The van der Waals surface area contributed by atoms with Gasteiger partial charge in [0.25, 0.3) is 5.91 Å². The standard InChI is InChI=1S/C11H14FNO3S/c1-7(2)8-5-4-6-9(12)10(8)11(14)13-17(3,15)16/h4-7H,1-3H3,(H,13,14). The number of nitrogens with one attached hydrogen (secondary N) is 1. The molecule has 17 heavy (non-hydrogen) atoms. The summed E-state index contributed by atoms with van der Waals surface area (Å²) in [6, 6.07) is 4.22. The summed E-state index contributed by atoms with van der Waals surface area (Å²) in [7, 11) is -3.70. The van der Waals surface area contributed by atoms with Gasteiger partial charge in [-0.05, 0) is 17.5 Å². The molecule has 0 aromatic heterocycles. The Morgan fingerprint density at radius 3 is 2.41 bits per heavy atom. The van der Waals surface area contributed by atoms with Crippen LogP contribution >= 0.6 is 0 Å². The smallest absolute Gasteiger partial charge is 0.267 e. The number of carbonyl (C=O) groups excluding carboxylic acids is 1. The fourth-order valence-corrected chi connectivity index (χ4v) is 1.92. The average molecular weight is 259 g/mol. The average Bonchev–Trinajstić information content (AvgIpc) is 2.13. The maximum atomic E-state index is 13.6. The summed E-state index contributed by atoms with van der Waals surface area (Å²) < 4.78 is 37.3. The third-order valence-corrected chi connectivity index (χ3v) is 2.73. The van der Waals surface area contributed by atoms with Gasteiger partial charge >= 0.3 is 0 Å². The molecular formula is C11H14FNO3S. The van der Waals surface area contributed by atoms with E-state index in [0.717, 1.165) is 12.3 Å². The van der Waals surface area contributed by atoms with Crippen LogP contribution in [0.4, 0.5) is 4.39 Å². The first-order chi connectivity index (χ1) is 7.72. The minimum Gasteiger partial charge on any atom is -0.268 e. The van der Waals surface area contributed by atoms with Crippen molar-refractivity contribution in [3.05, 3.63) is 35.1 Å². The molecule has 0 aliphatic rings. The van der Waals surface area contributed by atoms with Crippen molar-refractivity contribution in [2.24, 2.45) is 0 Å². The highest BCUT2D eigenvalue weighted by molar-refractivity contribution is 7.89. The molecule has 0 fully saturated rings. The van der Waals surface area contributed by atoms with E-state index in [1.807, 2.05) is 0 Å². The predicted octanol–water partition coefficient (Wildman–Crippen LogP) is 1.64. The summed E-state index contributed by atoms with van der Waals surface area (Å²) in [5.41, 5.74) is 0.263. The number of carbonyl (C=O) groups is 1. The highest BCUT2D eigenvalue weighted by Gasteiger charge is 2.20. The molecule has 1 aromatic carbocycles. The lowest BCUT2D eigenvalue weighted by atomic mass is 9.96. The van der Waals surface area contributed by atoms with Gasteiger partial charge in [0.15, 0.2) is 0 Å². The molecule has 1 amide bonds. The number of hydrogen-bond acceptors (Lipinski definition) is 3. The molecular weight excluding hydrogens is 245 g/mol. The Hall–Kier alpha value is -1.43. The third-order valence-electron chi connectivity index (χ3n) is 2.17. The van der Waals surface area contributed by atoms with E-state index in [2.05, 4.69) is 0 Å². The Labute approximate surface area is 99.9 Å². The number of benzene rings is 1. The number of rotatable bonds is 3. The van der Waals surface area contributed by atoms with Gasteiger partial charge in [0.05, 0.1) is 11.8 Å². The van der Waals surface area contributed by atoms with Gasteiger partial charge in [0, 0.05) is 0 Å². The molecule has 0 atom stereocenters. The molecule has 1 N–H and O–H groups in total. The summed E-state index contributed by atoms with van der Waals surface area (Å²) in [6.07, 6.45) is 0.848. The van der Waals surface area contributed by atoms with Crippen LogP contribution in [-0.2, 0) is 10.0 Å². The zero-order chi connectivity index (χ0) is 13.2. The zero-order valence-corrected chi connectivity index (χ0v) is 10.6. The quantitative estimate of drug-likeness (QED) is 0.897. The van der Waals surface area contributed by atoms with Crippen molar-refractivity contribution in [1.82, 2.24) is 4.72 Å². The summed E-state index contributed by atoms with van der Waals surface area (Å²) in [4.78, 5) is 11.7. The predicted molar refractivity (Wildman–Crippen MR) is 62.8 cm³/mol. The maximum absolute atomic E-state index is 13.6. The van der Waals surface area contributed by atoms with E-state index >= 15 is 0 Å². The number of halogens is 1. The minimum atomic E-state index is -3.70. The lowest BCUT2D eigenvalue weighted by Gasteiger charge is -2.12. The molecule has 94 valence electrons. The van der Waals surface area contributed by atoms with Crippen molar-refractivity contribution in [3.63, 3.8) is 0 Å². The molecule has 0 aliphatic carbocycles. The molecule has 0 heterocycles. The van der Waals surface area contributed by atoms with Crippen LogP contribution in [0, 0.1) is 5.82 Å². The zero-order valence-electron chi connectivity index (χ0n) is 9.82. The molecule has 4 nitrogen and oxygen atoms in total. The van der Waals surface area contributed by atoms with Crippen LogP contribution in [-0.4, -0.2) is 20.6 Å². The molecule has 1 aromatic rings. The van der Waals surface area contributed by atoms with E-state index in [9.17, 15) is 17.6 Å². The molecule has 1 rings (SSSR count). The van der Waals surface area contributed by atoms with Crippen molar-refractivity contribution in [2.75, 3.05) is 6.26 Å². The summed E-state index contributed by atoms with van der Waals surface area (Å²) in [6.45, 7) is 3.60. The summed E-state index contributed by atoms with van der Waals surface area (Å²) >= 11 is 0. The summed E-state index contributed by atoms with van der Waals surface area (Å²) in [5.74, 6) is -1.74. The highest BCUT2D eigenvalue weighted by Crippen LogP contribution is 2.21. The largest absolute Gasteiger partial charge is 0.268 e. The third kappa shape index (κ3) is 3.52. The van der Waals surface area contributed by atoms with Gasteiger partial charge in [-0.15, -0.1) is 0 Å². The first-order valence-corrected chi connectivity index (χ1v) is 6.92. The van der Waals surface area contributed by atoms with Crippen LogP contribution in [0.1, 0.15) is 35.7 Å². The molecule has 0 radical (unpaired) electrons. The SMILES string of the molecule is CC(C)c1cccc(F)c1C(=O)NS(C)(=O)=O. The molecule has 0 bridgehead atoms. The number of hydrogen-bond donors (Lipinski definition) is 1. The molecule has 0 spiro atoms. The van der Waals surface area contributed by atoms with E-state index in [0.29, 0.717) is 5.56 Å². The Morgan fingerprint density at radius 2 is 1.94 bits per heavy atom. The Bertz CT molecular complexity index is 538. The first kappa shape index (κ1) is 13.6. The van der Waals surface area contributed by atoms with Gasteiger partial charge < -0.3 is 0 Å². The second-order valence-corrected chi connectivity index (χ2v) is 5.81. The van der Waals surface area contributed by atoms with Gasteiger partial charge in [-0.25, -0.2) is 17.5 Å². The second-order valence-electron chi connectivity index (χ2n) is 4.06. The highest BCUT2D eigenvalue weighted by atomic mass is 32.2. The van der Waals surface area contributed by atoms with E-state index in [1.54, 1.807) is 24.6 Å². The Balaban J connectivity index is 3.25. The molecule has 0 saturated carbocycles. The van der Waals surface area contributed by atoms with Gasteiger partial charge in [-0.2, -0.15) is 0 Å². The van der Waals surface area contributed by atoms with E-state index in [-0.39, 0.29) is 11.5 Å². The Morgan fingerprint density at radius 1 is 1.35 bits per heavy atom. The van der Waals surface area contributed by atoms with Gasteiger partial charge in [-0.3, -0.25) is 4.79 Å². The van der Waals surface area contributed by atoms with Crippen LogP contribution in [0.15, 0.2) is 18.2 Å². The topological polar surface area (TPSA) is 63.2 Å². The van der Waals surface area contributed by atoms with Crippen molar-refractivity contribution in [3.8, 4) is 0 Å². The summed E-state index contributed by atoms with van der Waals surface area (Å²) in [5, 5.41) is 0. The normalized spacial score (nSPS) is 11.6. The number of amides is 1. The van der Waals surface area contributed by atoms with E-state index in [4.69, 9.17) is 0 Å². The molecule has 6 heteroatoms. The van der Waals surface area contributed by atoms with Crippen molar-refractivity contribution >= 4 is 15.9 Å². The van der Waals surface area contributed by atoms with Crippen LogP contribution in [0.3, 0.4) is 0 Å². The van der Waals surface area contributed by atoms with Crippen molar-refractivity contribution < 1.29 is 17.6 Å². The lowest BCUT2D eigenvalue weighted by molar-refractivity contribution is 0.0976. The van der Waals surface area contributed by atoms with Gasteiger partial charge in [0.2, 0.25) is 10.0 Å².